The molecule has 2 rings (SSSR count). The second-order valence-corrected chi connectivity index (χ2v) is 4.72. The molecular weight excluding hydrogens is 335 g/mol. The summed E-state index contributed by atoms with van der Waals surface area (Å²) in [4.78, 5) is 46.4. The molecule has 24 heavy (non-hydrogen) atoms. The van der Waals surface area contributed by atoms with Crippen molar-refractivity contribution < 1.29 is 41.8 Å². The average Bonchev–Trinajstić information content (AvgIpc) is 2.71. The minimum absolute atomic E-state index is 0.123. The van der Waals surface area contributed by atoms with Gasteiger partial charge in [-0.15, -0.1) is 0 Å². The zero-order chi connectivity index (χ0) is 18.1. The highest BCUT2D eigenvalue weighted by Crippen LogP contribution is 2.35. The Bertz CT molecular complexity index is 728. The topological polar surface area (TPSA) is 90.0 Å². The average molecular weight is 345 g/mol. The molecule has 7 nitrogen and oxygen atoms in total. The predicted octanol–water partition coefficient (Wildman–Crippen LogP) is 1.30. The molecule has 128 valence electrons. The Morgan fingerprint density at radius 2 is 1.83 bits per heavy atom. The first-order valence-electron chi connectivity index (χ1n) is 6.47. The molecule has 0 spiro atoms. The summed E-state index contributed by atoms with van der Waals surface area (Å²) in [5.74, 6) is -3.98. The first-order chi connectivity index (χ1) is 11.1. The standard InChI is InChI=1S/C14H10F3NO6/c1-7(19)23-6-24-11(20)5-18-10-3-2-8(14(15,16)17)4-9(10)12(21)13(18)22/h2-4H,5-6H2,1H3. The summed E-state index contributed by atoms with van der Waals surface area (Å²) in [5.41, 5.74) is -1.65. The van der Waals surface area contributed by atoms with Crippen molar-refractivity contribution in [3.8, 4) is 0 Å². The number of carbonyl (C=O) groups excluding carboxylic acids is 4. The molecule has 1 aliphatic heterocycles. The van der Waals surface area contributed by atoms with Gasteiger partial charge in [-0.3, -0.25) is 24.1 Å². The number of alkyl halides is 3. The third kappa shape index (κ3) is 3.53. The van der Waals surface area contributed by atoms with Crippen LogP contribution in [0, 0.1) is 0 Å². The Kier molecular flexibility index (Phi) is 4.58. The van der Waals surface area contributed by atoms with Crippen molar-refractivity contribution in [2.24, 2.45) is 0 Å². The number of Topliss-reactive ketones (excluding diaryl/α,β-unsaturated/α-hetero) is 1. The van der Waals surface area contributed by atoms with Gasteiger partial charge in [0, 0.05) is 6.92 Å². The lowest BCUT2D eigenvalue weighted by Crippen LogP contribution is -2.35. The maximum atomic E-state index is 12.7. The molecule has 1 aromatic carbocycles. The molecule has 0 bridgehead atoms. The van der Waals surface area contributed by atoms with E-state index in [4.69, 9.17) is 0 Å². The number of amides is 1. The van der Waals surface area contributed by atoms with Crippen LogP contribution >= 0.6 is 0 Å². The van der Waals surface area contributed by atoms with Gasteiger partial charge in [-0.1, -0.05) is 0 Å². The van der Waals surface area contributed by atoms with E-state index >= 15 is 0 Å². The van der Waals surface area contributed by atoms with Crippen LogP contribution in [0.3, 0.4) is 0 Å². The van der Waals surface area contributed by atoms with Crippen molar-refractivity contribution >= 4 is 29.3 Å². The number of carbonyl (C=O) groups is 4. The van der Waals surface area contributed by atoms with Crippen molar-refractivity contribution in [2.45, 2.75) is 13.1 Å². The Morgan fingerprint density at radius 3 is 2.42 bits per heavy atom. The number of rotatable bonds is 4. The Hall–Kier alpha value is -2.91. The van der Waals surface area contributed by atoms with Crippen LogP contribution in [0.1, 0.15) is 22.8 Å². The van der Waals surface area contributed by atoms with Crippen LogP contribution in [-0.4, -0.2) is 37.0 Å². The van der Waals surface area contributed by atoms with Crippen LogP contribution in [0.5, 0.6) is 0 Å². The number of ketones is 1. The molecule has 1 aliphatic rings. The lowest BCUT2D eigenvalue weighted by Gasteiger charge is -2.16. The number of fused-ring (bicyclic) bond motifs is 1. The summed E-state index contributed by atoms with van der Waals surface area (Å²) in [7, 11) is 0. The Balaban J connectivity index is 2.17. The van der Waals surface area contributed by atoms with E-state index in [0.29, 0.717) is 17.0 Å². The van der Waals surface area contributed by atoms with Crippen LogP contribution in [-0.2, 0) is 30.0 Å². The quantitative estimate of drug-likeness (QED) is 0.464. The third-order valence-corrected chi connectivity index (χ3v) is 3.07. The normalized spacial score (nSPS) is 13.8. The molecule has 1 aromatic rings. The molecule has 1 amide bonds. The summed E-state index contributed by atoms with van der Waals surface area (Å²) in [6.45, 7) is -0.292. The Morgan fingerprint density at radius 1 is 1.17 bits per heavy atom. The first-order valence-corrected chi connectivity index (χ1v) is 6.47. The first kappa shape index (κ1) is 17.4. The van der Waals surface area contributed by atoms with E-state index in [2.05, 4.69) is 9.47 Å². The van der Waals surface area contributed by atoms with E-state index in [-0.39, 0.29) is 5.69 Å². The maximum Gasteiger partial charge on any atom is 0.416 e. The van der Waals surface area contributed by atoms with Gasteiger partial charge in [-0.25, -0.2) is 0 Å². The minimum Gasteiger partial charge on any atom is -0.428 e. The molecule has 10 heteroatoms. The van der Waals surface area contributed by atoms with Gasteiger partial charge in [0.2, 0.25) is 6.79 Å². The number of hydrogen-bond donors (Lipinski definition) is 0. The van der Waals surface area contributed by atoms with E-state index in [1.165, 1.54) is 0 Å². The number of hydrogen-bond acceptors (Lipinski definition) is 6. The fourth-order valence-electron chi connectivity index (χ4n) is 1.99. The molecule has 1 heterocycles. The molecule has 0 aliphatic carbocycles. The van der Waals surface area contributed by atoms with Gasteiger partial charge in [-0.2, -0.15) is 13.2 Å². The van der Waals surface area contributed by atoms with Gasteiger partial charge >= 0.3 is 18.1 Å². The van der Waals surface area contributed by atoms with Crippen LogP contribution in [0.15, 0.2) is 18.2 Å². The fraction of sp³-hybridized carbons (Fsp3) is 0.286. The molecule has 0 aromatic heterocycles. The number of benzene rings is 1. The van der Waals surface area contributed by atoms with Gasteiger partial charge < -0.3 is 9.47 Å². The Labute approximate surface area is 132 Å². The van der Waals surface area contributed by atoms with E-state index in [0.717, 1.165) is 13.0 Å². The monoisotopic (exact) mass is 345 g/mol. The molecule has 0 saturated carbocycles. The van der Waals surface area contributed by atoms with Crippen LogP contribution in [0.25, 0.3) is 0 Å². The highest BCUT2D eigenvalue weighted by atomic mass is 19.4. The van der Waals surface area contributed by atoms with Crippen molar-refractivity contribution in [1.29, 1.82) is 0 Å². The number of esters is 2. The smallest absolute Gasteiger partial charge is 0.416 e. The van der Waals surface area contributed by atoms with E-state index in [9.17, 15) is 32.3 Å². The van der Waals surface area contributed by atoms with Gasteiger partial charge in [0.05, 0.1) is 16.8 Å². The largest absolute Gasteiger partial charge is 0.428 e. The van der Waals surface area contributed by atoms with Crippen molar-refractivity contribution in [1.82, 2.24) is 0 Å². The summed E-state index contributed by atoms with van der Waals surface area (Å²) in [6, 6.07) is 2.18. The zero-order valence-electron chi connectivity index (χ0n) is 12.2. The highest BCUT2D eigenvalue weighted by Gasteiger charge is 2.40. The van der Waals surface area contributed by atoms with Crippen molar-refractivity contribution in [2.75, 3.05) is 18.2 Å². The van der Waals surface area contributed by atoms with E-state index < -0.39 is 54.3 Å². The lowest BCUT2D eigenvalue weighted by atomic mass is 10.1. The second kappa shape index (κ2) is 6.30. The molecule has 0 unspecified atom stereocenters. The van der Waals surface area contributed by atoms with Gasteiger partial charge in [0.25, 0.3) is 11.7 Å². The molecule has 0 saturated heterocycles. The highest BCUT2D eigenvalue weighted by molar-refractivity contribution is 6.52. The van der Waals surface area contributed by atoms with E-state index in [1.807, 2.05) is 0 Å². The molecule has 0 atom stereocenters. The molecule has 0 radical (unpaired) electrons. The van der Waals surface area contributed by atoms with Crippen LogP contribution in [0.4, 0.5) is 18.9 Å². The van der Waals surface area contributed by atoms with Crippen molar-refractivity contribution in [3.63, 3.8) is 0 Å². The summed E-state index contributed by atoms with van der Waals surface area (Å²) >= 11 is 0. The van der Waals surface area contributed by atoms with Gasteiger partial charge in [0.15, 0.2) is 0 Å². The van der Waals surface area contributed by atoms with Gasteiger partial charge in [0.1, 0.15) is 6.54 Å². The number of nitrogens with zero attached hydrogens (tertiary/aromatic N) is 1. The molecule has 0 fully saturated rings. The number of ether oxygens (including phenoxy) is 2. The minimum atomic E-state index is -4.67. The third-order valence-electron chi connectivity index (χ3n) is 3.07. The summed E-state index contributed by atoms with van der Waals surface area (Å²) in [5, 5.41) is 0. The molecule has 0 N–H and O–H groups in total. The zero-order valence-corrected chi connectivity index (χ0v) is 12.2. The summed E-state index contributed by atoms with van der Waals surface area (Å²) in [6.07, 6.45) is -4.67. The fourth-order valence-corrected chi connectivity index (χ4v) is 1.99. The van der Waals surface area contributed by atoms with Crippen molar-refractivity contribution in [3.05, 3.63) is 29.3 Å². The number of halogens is 3. The van der Waals surface area contributed by atoms with Crippen LogP contribution in [0.2, 0.25) is 0 Å². The maximum absolute atomic E-state index is 12.7. The van der Waals surface area contributed by atoms with Gasteiger partial charge in [-0.05, 0) is 18.2 Å². The predicted molar refractivity (Wildman–Crippen MR) is 70.9 cm³/mol. The second-order valence-electron chi connectivity index (χ2n) is 4.72. The SMILES string of the molecule is CC(=O)OCOC(=O)CN1C(=O)C(=O)c2cc(C(F)(F)F)ccc21. The van der Waals surface area contributed by atoms with E-state index in [1.54, 1.807) is 0 Å². The van der Waals surface area contributed by atoms with Crippen LogP contribution < -0.4 is 4.90 Å². The summed E-state index contributed by atoms with van der Waals surface area (Å²) < 4.78 is 46.9. The number of anilines is 1. The molecular formula is C14H10F3NO6. The lowest BCUT2D eigenvalue weighted by molar-refractivity contribution is -0.164.